The zero-order chi connectivity index (χ0) is 16.1. The third-order valence-corrected chi connectivity index (χ3v) is 4.53. The van der Waals surface area contributed by atoms with Gasteiger partial charge in [0.2, 0.25) is 5.91 Å². The summed E-state index contributed by atoms with van der Waals surface area (Å²) in [6.45, 7) is 2.75. The lowest BCUT2D eigenvalue weighted by molar-refractivity contribution is -0.124. The van der Waals surface area contributed by atoms with Crippen LogP contribution >= 0.6 is 0 Å². The third kappa shape index (κ3) is 4.00. The largest absolute Gasteiger partial charge is 0.357 e. The summed E-state index contributed by atoms with van der Waals surface area (Å²) in [5, 5.41) is 5.56. The molecule has 2 amide bonds. The van der Waals surface area contributed by atoms with Crippen LogP contribution in [0.1, 0.15) is 48.9 Å². The highest BCUT2D eigenvalue weighted by Gasteiger charge is 2.24. The van der Waals surface area contributed by atoms with Crippen molar-refractivity contribution in [2.24, 2.45) is 0 Å². The van der Waals surface area contributed by atoms with Crippen LogP contribution in [0.15, 0.2) is 18.3 Å². The predicted molar refractivity (Wildman–Crippen MR) is 88.4 cm³/mol. The first-order valence-corrected chi connectivity index (χ1v) is 8.53. The highest BCUT2D eigenvalue weighted by Crippen LogP contribution is 2.17. The molecule has 0 saturated carbocycles. The molecule has 0 unspecified atom stereocenters. The lowest BCUT2D eigenvalue weighted by atomic mass is 10.1. The molecular weight excluding hydrogens is 292 g/mol. The van der Waals surface area contributed by atoms with Gasteiger partial charge in [0.1, 0.15) is 11.9 Å². The molecular formula is C17H24N4O2. The number of pyridine rings is 1. The number of carbonyl (C=O) groups excluding carboxylic acids is 2. The highest BCUT2D eigenvalue weighted by molar-refractivity contribution is 5.97. The lowest BCUT2D eigenvalue weighted by Crippen LogP contribution is -2.50. The first kappa shape index (κ1) is 15.8. The van der Waals surface area contributed by atoms with Crippen molar-refractivity contribution in [2.75, 3.05) is 24.5 Å². The van der Waals surface area contributed by atoms with Crippen LogP contribution in [-0.2, 0) is 4.79 Å². The van der Waals surface area contributed by atoms with Crippen molar-refractivity contribution < 1.29 is 9.59 Å². The van der Waals surface area contributed by atoms with Crippen LogP contribution in [-0.4, -0.2) is 42.5 Å². The Hall–Kier alpha value is -2.11. The van der Waals surface area contributed by atoms with Gasteiger partial charge in [-0.05, 0) is 37.8 Å². The average molecular weight is 316 g/mol. The van der Waals surface area contributed by atoms with E-state index in [0.29, 0.717) is 18.5 Å². The Bertz CT molecular complexity index is 550. The van der Waals surface area contributed by atoms with Crippen molar-refractivity contribution in [2.45, 2.75) is 44.6 Å². The number of anilines is 1. The zero-order valence-electron chi connectivity index (χ0n) is 13.4. The van der Waals surface area contributed by atoms with Gasteiger partial charge in [0.15, 0.2) is 0 Å². The maximum absolute atomic E-state index is 12.3. The molecule has 124 valence electrons. The molecule has 6 heteroatoms. The molecule has 2 aliphatic rings. The van der Waals surface area contributed by atoms with Crippen molar-refractivity contribution in [3.05, 3.63) is 23.9 Å². The second kappa shape index (κ2) is 7.44. The van der Waals surface area contributed by atoms with Crippen molar-refractivity contribution in [3.63, 3.8) is 0 Å². The molecule has 1 atom stereocenters. The average Bonchev–Trinajstić information content (AvgIpc) is 2.86. The maximum atomic E-state index is 12.3. The van der Waals surface area contributed by atoms with Gasteiger partial charge in [0, 0.05) is 25.8 Å². The second-order valence-electron chi connectivity index (χ2n) is 6.27. The number of nitrogens with zero attached hydrogens (tertiary/aromatic N) is 2. The number of hydrogen-bond donors (Lipinski definition) is 2. The van der Waals surface area contributed by atoms with Crippen molar-refractivity contribution in [1.82, 2.24) is 15.6 Å². The smallest absolute Gasteiger partial charge is 0.253 e. The van der Waals surface area contributed by atoms with E-state index in [1.807, 2.05) is 6.07 Å². The van der Waals surface area contributed by atoms with E-state index in [-0.39, 0.29) is 11.8 Å². The normalized spacial score (nSPS) is 22.2. The van der Waals surface area contributed by atoms with E-state index < -0.39 is 6.04 Å². The van der Waals surface area contributed by atoms with Crippen LogP contribution < -0.4 is 15.5 Å². The van der Waals surface area contributed by atoms with E-state index in [1.54, 1.807) is 12.3 Å². The van der Waals surface area contributed by atoms with Crippen LogP contribution in [0.3, 0.4) is 0 Å². The van der Waals surface area contributed by atoms with Gasteiger partial charge < -0.3 is 15.5 Å². The summed E-state index contributed by atoms with van der Waals surface area (Å²) >= 11 is 0. The summed E-state index contributed by atoms with van der Waals surface area (Å²) < 4.78 is 0. The van der Waals surface area contributed by atoms with E-state index >= 15 is 0 Å². The van der Waals surface area contributed by atoms with Gasteiger partial charge in [-0.3, -0.25) is 9.59 Å². The fourth-order valence-electron chi connectivity index (χ4n) is 3.16. The van der Waals surface area contributed by atoms with E-state index in [0.717, 1.165) is 25.3 Å². The topological polar surface area (TPSA) is 74.3 Å². The Morgan fingerprint density at radius 1 is 1.17 bits per heavy atom. The highest BCUT2D eigenvalue weighted by atomic mass is 16.2. The fraction of sp³-hybridized carbons (Fsp3) is 0.588. The molecule has 2 N–H and O–H groups in total. The second-order valence-corrected chi connectivity index (χ2v) is 6.27. The standard InChI is InChI=1S/C17H24N4O2/c22-16(20-14-6-5-9-18-17(14)23)13-7-8-15(19-12-13)21-10-3-1-2-4-11-21/h7-8,12,14H,1-6,9-11H2,(H,18,23)(H,20,22)/t14-/m0/s1. The minimum absolute atomic E-state index is 0.0984. The van der Waals surface area contributed by atoms with Gasteiger partial charge >= 0.3 is 0 Å². The number of rotatable bonds is 3. The molecule has 3 heterocycles. The minimum atomic E-state index is -0.429. The number of nitrogens with one attached hydrogen (secondary N) is 2. The molecule has 2 fully saturated rings. The Morgan fingerprint density at radius 2 is 1.96 bits per heavy atom. The summed E-state index contributed by atoms with van der Waals surface area (Å²) in [6, 6.07) is 3.27. The Morgan fingerprint density at radius 3 is 2.61 bits per heavy atom. The Kier molecular flexibility index (Phi) is 5.10. The Balaban J connectivity index is 1.61. The van der Waals surface area contributed by atoms with Crippen molar-refractivity contribution >= 4 is 17.6 Å². The van der Waals surface area contributed by atoms with E-state index in [4.69, 9.17) is 0 Å². The molecule has 6 nitrogen and oxygen atoms in total. The molecule has 1 aromatic heterocycles. The van der Waals surface area contributed by atoms with Crippen molar-refractivity contribution in [1.29, 1.82) is 0 Å². The molecule has 0 aliphatic carbocycles. The molecule has 1 aromatic rings. The van der Waals surface area contributed by atoms with Crippen LogP contribution in [0.25, 0.3) is 0 Å². The maximum Gasteiger partial charge on any atom is 0.253 e. The van der Waals surface area contributed by atoms with Crippen LogP contribution in [0.5, 0.6) is 0 Å². The van der Waals surface area contributed by atoms with Crippen LogP contribution in [0.4, 0.5) is 5.82 Å². The first-order valence-electron chi connectivity index (χ1n) is 8.53. The molecule has 3 rings (SSSR count). The van der Waals surface area contributed by atoms with Crippen LogP contribution in [0.2, 0.25) is 0 Å². The van der Waals surface area contributed by atoms with E-state index in [9.17, 15) is 9.59 Å². The molecule has 2 aliphatic heterocycles. The van der Waals surface area contributed by atoms with E-state index in [1.165, 1.54) is 25.7 Å². The lowest BCUT2D eigenvalue weighted by Gasteiger charge is -2.23. The SMILES string of the molecule is O=C(N[C@H]1CCCNC1=O)c1ccc(N2CCCCCC2)nc1. The monoisotopic (exact) mass is 316 g/mol. The summed E-state index contributed by atoms with van der Waals surface area (Å²) in [5.41, 5.74) is 0.502. The number of carbonyl (C=O) groups is 2. The van der Waals surface area contributed by atoms with Gasteiger partial charge in [0.05, 0.1) is 5.56 Å². The minimum Gasteiger partial charge on any atom is -0.357 e. The number of aromatic nitrogens is 1. The number of piperidine rings is 1. The van der Waals surface area contributed by atoms with Crippen molar-refractivity contribution in [3.8, 4) is 0 Å². The van der Waals surface area contributed by atoms with Gasteiger partial charge in [-0.15, -0.1) is 0 Å². The molecule has 23 heavy (non-hydrogen) atoms. The molecule has 0 spiro atoms. The molecule has 2 saturated heterocycles. The fourth-order valence-corrected chi connectivity index (χ4v) is 3.16. The van der Waals surface area contributed by atoms with Gasteiger partial charge in [-0.2, -0.15) is 0 Å². The molecule has 0 bridgehead atoms. The molecule has 0 radical (unpaired) electrons. The number of hydrogen-bond acceptors (Lipinski definition) is 4. The van der Waals surface area contributed by atoms with Gasteiger partial charge in [0.25, 0.3) is 5.91 Å². The van der Waals surface area contributed by atoms with Crippen LogP contribution in [0, 0.1) is 0 Å². The zero-order valence-corrected chi connectivity index (χ0v) is 13.4. The summed E-state index contributed by atoms with van der Waals surface area (Å²) in [5.74, 6) is 0.597. The van der Waals surface area contributed by atoms with Gasteiger partial charge in [-0.25, -0.2) is 4.98 Å². The molecule has 0 aromatic carbocycles. The summed E-state index contributed by atoms with van der Waals surface area (Å²) in [6.07, 6.45) is 8.14. The first-order chi connectivity index (χ1) is 11.2. The van der Waals surface area contributed by atoms with Gasteiger partial charge in [-0.1, -0.05) is 12.8 Å². The summed E-state index contributed by atoms with van der Waals surface area (Å²) in [7, 11) is 0. The quantitative estimate of drug-likeness (QED) is 0.885. The predicted octanol–water partition coefficient (Wildman–Crippen LogP) is 1.47. The Labute approximate surface area is 136 Å². The third-order valence-electron chi connectivity index (χ3n) is 4.53. The number of amides is 2. The summed E-state index contributed by atoms with van der Waals surface area (Å²) in [4.78, 5) is 30.7. The van der Waals surface area contributed by atoms with E-state index in [2.05, 4.69) is 20.5 Å².